The van der Waals surface area contributed by atoms with E-state index in [1.807, 2.05) is 30.3 Å². The molecule has 0 unspecified atom stereocenters. The minimum absolute atomic E-state index is 0.218. The second-order valence-electron chi connectivity index (χ2n) is 5.48. The van der Waals surface area contributed by atoms with Gasteiger partial charge in [0.2, 0.25) is 5.91 Å². The SMILES string of the molecule is CC(=O)NNC(=O)Cn1c(C)nc2sc(-c3ccccc3)cc2c1=O. The fourth-order valence-electron chi connectivity index (χ4n) is 2.39. The molecule has 3 rings (SSSR count). The molecule has 1 aromatic carbocycles. The van der Waals surface area contributed by atoms with E-state index in [4.69, 9.17) is 0 Å². The lowest BCUT2D eigenvalue weighted by Gasteiger charge is -2.09. The Morgan fingerprint density at radius 2 is 1.92 bits per heavy atom. The van der Waals surface area contributed by atoms with Crippen molar-refractivity contribution in [2.75, 3.05) is 0 Å². The third kappa shape index (κ3) is 3.58. The third-order valence-corrected chi connectivity index (χ3v) is 4.66. The van der Waals surface area contributed by atoms with Gasteiger partial charge in [0.25, 0.3) is 11.5 Å². The van der Waals surface area contributed by atoms with Crippen LogP contribution in [0.1, 0.15) is 12.7 Å². The summed E-state index contributed by atoms with van der Waals surface area (Å²) < 4.78 is 1.29. The highest BCUT2D eigenvalue weighted by Gasteiger charge is 2.15. The molecule has 0 atom stereocenters. The van der Waals surface area contributed by atoms with Gasteiger partial charge < -0.3 is 0 Å². The third-order valence-electron chi connectivity index (χ3n) is 3.58. The summed E-state index contributed by atoms with van der Waals surface area (Å²) in [5.41, 5.74) is 5.17. The van der Waals surface area contributed by atoms with E-state index in [-0.39, 0.29) is 12.1 Å². The number of aromatic nitrogens is 2. The van der Waals surface area contributed by atoms with Crippen molar-refractivity contribution < 1.29 is 9.59 Å². The van der Waals surface area contributed by atoms with Crippen LogP contribution in [0.2, 0.25) is 0 Å². The number of hydrogen-bond acceptors (Lipinski definition) is 5. The fraction of sp³-hybridized carbons (Fsp3) is 0.176. The summed E-state index contributed by atoms with van der Waals surface area (Å²) in [4.78, 5) is 41.5. The number of nitrogens with one attached hydrogen (secondary N) is 2. The highest BCUT2D eigenvalue weighted by atomic mass is 32.1. The maximum Gasteiger partial charge on any atom is 0.262 e. The molecule has 0 bridgehead atoms. The smallest absolute Gasteiger partial charge is 0.262 e. The van der Waals surface area contributed by atoms with Crippen LogP contribution >= 0.6 is 11.3 Å². The normalized spacial score (nSPS) is 10.6. The Labute approximate surface area is 147 Å². The fourth-order valence-corrected chi connectivity index (χ4v) is 3.46. The molecule has 3 aromatic rings. The van der Waals surface area contributed by atoms with E-state index in [9.17, 15) is 14.4 Å². The summed E-state index contributed by atoms with van der Waals surface area (Å²) in [5, 5.41) is 0.474. The standard InChI is InChI=1S/C17H16N4O3S/c1-10-18-16-13(8-14(25-16)12-6-4-3-5-7-12)17(24)21(10)9-15(23)20-19-11(2)22/h3-8H,9H2,1-2H3,(H,19,22)(H,20,23). The molecule has 8 heteroatoms. The van der Waals surface area contributed by atoms with Crippen LogP contribution in [0, 0.1) is 6.92 Å². The van der Waals surface area contributed by atoms with Crippen molar-refractivity contribution in [3.05, 3.63) is 52.6 Å². The number of carbonyl (C=O) groups is 2. The lowest BCUT2D eigenvalue weighted by atomic mass is 10.2. The van der Waals surface area contributed by atoms with Crippen molar-refractivity contribution in [2.45, 2.75) is 20.4 Å². The quantitative estimate of drug-likeness (QED) is 0.697. The largest absolute Gasteiger partial charge is 0.287 e. The number of benzene rings is 1. The van der Waals surface area contributed by atoms with Crippen LogP contribution in [-0.4, -0.2) is 21.4 Å². The molecule has 2 heterocycles. The van der Waals surface area contributed by atoms with Crippen molar-refractivity contribution in [2.24, 2.45) is 0 Å². The first-order chi connectivity index (χ1) is 12.0. The van der Waals surface area contributed by atoms with E-state index >= 15 is 0 Å². The van der Waals surface area contributed by atoms with Gasteiger partial charge in [-0.05, 0) is 18.6 Å². The van der Waals surface area contributed by atoms with Gasteiger partial charge in [-0.25, -0.2) is 4.98 Å². The van der Waals surface area contributed by atoms with Gasteiger partial charge in [-0.3, -0.25) is 29.8 Å². The second kappa shape index (κ2) is 6.86. The molecule has 0 aliphatic carbocycles. The summed E-state index contributed by atoms with van der Waals surface area (Å²) in [6, 6.07) is 11.5. The Morgan fingerprint density at radius 3 is 2.60 bits per heavy atom. The van der Waals surface area contributed by atoms with Crippen molar-refractivity contribution >= 4 is 33.4 Å². The number of carbonyl (C=O) groups excluding carboxylic acids is 2. The molecule has 0 aliphatic rings. The van der Waals surface area contributed by atoms with E-state index in [0.717, 1.165) is 10.4 Å². The summed E-state index contributed by atoms with van der Waals surface area (Å²) in [5.74, 6) is -0.451. The summed E-state index contributed by atoms with van der Waals surface area (Å²) in [6.07, 6.45) is 0. The zero-order valence-corrected chi connectivity index (χ0v) is 14.5. The molecule has 128 valence electrons. The van der Waals surface area contributed by atoms with E-state index in [0.29, 0.717) is 16.0 Å². The van der Waals surface area contributed by atoms with Crippen LogP contribution in [0.4, 0.5) is 0 Å². The van der Waals surface area contributed by atoms with Crippen LogP contribution in [-0.2, 0) is 16.1 Å². The lowest BCUT2D eigenvalue weighted by molar-refractivity contribution is -0.128. The maximum atomic E-state index is 12.7. The van der Waals surface area contributed by atoms with Gasteiger partial charge in [0.05, 0.1) is 5.39 Å². The number of aryl methyl sites for hydroxylation is 1. The molecule has 7 nitrogen and oxygen atoms in total. The number of amides is 2. The van der Waals surface area contributed by atoms with E-state index < -0.39 is 11.8 Å². The number of nitrogens with zero attached hydrogens (tertiary/aromatic N) is 2. The molecule has 2 amide bonds. The number of thiophene rings is 1. The monoisotopic (exact) mass is 356 g/mol. The van der Waals surface area contributed by atoms with Crippen LogP contribution in [0.5, 0.6) is 0 Å². The van der Waals surface area contributed by atoms with Crippen LogP contribution in [0.3, 0.4) is 0 Å². The van der Waals surface area contributed by atoms with Gasteiger partial charge in [-0.1, -0.05) is 30.3 Å². The molecule has 0 saturated heterocycles. The molecule has 2 aromatic heterocycles. The Hall–Kier alpha value is -3.00. The van der Waals surface area contributed by atoms with Gasteiger partial charge in [0.15, 0.2) is 0 Å². The van der Waals surface area contributed by atoms with Crippen LogP contribution in [0.25, 0.3) is 20.7 Å². The zero-order valence-electron chi connectivity index (χ0n) is 13.7. The summed E-state index contributed by atoms with van der Waals surface area (Å²) in [7, 11) is 0. The first-order valence-electron chi connectivity index (χ1n) is 7.57. The van der Waals surface area contributed by atoms with Gasteiger partial charge in [-0.15, -0.1) is 11.3 Å². The number of rotatable bonds is 3. The Balaban J connectivity index is 1.97. The minimum atomic E-state index is -0.500. The summed E-state index contributed by atoms with van der Waals surface area (Å²) in [6.45, 7) is 2.74. The van der Waals surface area contributed by atoms with Crippen molar-refractivity contribution in [3.8, 4) is 10.4 Å². The molecule has 0 spiro atoms. The lowest BCUT2D eigenvalue weighted by Crippen LogP contribution is -2.43. The van der Waals surface area contributed by atoms with Crippen molar-refractivity contribution in [3.63, 3.8) is 0 Å². The Morgan fingerprint density at radius 1 is 1.20 bits per heavy atom. The Kier molecular flexibility index (Phi) is 4.62. The number of hydrogen-bond donors (Lipinski definition) is 2. The molecular weight excluding hydrogens is 340 g/mol. The van der Waals surface area contributed by atoms with Gasteiger partial charge in [0, 0.05) is 11.8 Å². The topological polar surface area (TPSA) is 93.1 Å². The highest BCUT2D eigenvalue weighted by Crippen LogP contribution is 2.30. The van der Waals surface area contributed by atoms with E-state index in [1.165, 1.54) is 22.8 Å². The summed E-state index contributed by atoms with van der Waals surface area (Å²) >= 11 is 1.44. The van der Waals surface area contributed by atoms with E-state index in [2.05, 4.69) is 15.8 Å². The first kappa shape index (κ1) is 16.8. The number of fused-ring (bicyclic) bond motifs is 1. The molecule has 0 radical (unpaired) electrons. The van der Waals surface area contributed by atoms with Crippen LogP contribution in [0.15, 0.2) is 41.2 Å². The molecular formula is C17H16N4O3S. The second-order valence-corrected chi connectivity index (χ2v) is 6.51. The zero-order chi connectivity index (χ0) is 18.0. The molecule has 0 saturated carbocycles. The van der Waals surface area contributed by atoms with Crippen molar-refractivity contribution in [1.29, 1.82) is 0 Å². The van der Waals surface area contributed by atoms with Gasteiger partial charge >= 0.3 is 0 Å². The molecule has 2 N–H and O–H groups in total. The Bertz CT molecular complexity index is 1010. The first-order valence-corrected chi connectivity index (χ1v) is 8.39. The molecule has 0 aliphatic heterocycles. The van der Waals surface area contributed by atoms with Crippen LogP contribution < -0.4 is 16.4 Å². The van der Waals surface area contributed by atoms with Gasteiger partial charge in [-0.2, -0.15) is 0 Å². The maximum absolute atomic E-state index is 12.7. The minimum Gasteiger partial charge on any atom is -0.287 e. The average molecular weight is 356 g/mol. The number of hydrazine groups is 1. The highest BCUT2D eigenvalue weighted by molar-refractivity contribution is 7.21. The van der Waals surface area contributed by atoms with Crippen molar-refractivity contribution in [1.82, 2.24) is 20.4 Å². The molecule has 25 heavy (non-hydrogen) atoms. The predicted molar refractivity (Wildman–Crippen MR) is 96.0 cm³/mol. The van der Waals surface area contributed by atoms with E-state index in [1.54, 1.807) is 13.0 Å². The predicted octanol–water partition coefficient (Wildman–Crippen LogP) is 1.60. The average Bonchev–Trinajstić information content (AvgIpc) is 3.01. The molecule has 0 fully saturated rings. The van der Waals surface area contributed by atoms with Gasteiger partial charge in [0.1, 0.15) is 17.2 Å².